The van der Waals surface area contributed by atoms with Crippen LogP contribution in [0.5, 0.6) is 0 Å². The molecule has 1 aliphatic rings. The van der Waals surface area contributed by atoms with Gasteiger partial charge in [-0.1, -0.05) is 25.7 Å². The molecule has 6 heteroatoms. The van der Waals surface area contributed by atoms with E-state index >= 15 is 0 Å². The van der Waals surface area contributed by atoms with E-state index < -0.39 is 6.10 Å². The van der Waals surface area contributed by atoms with Crippen LogP contribution in [0.15, 0.2) is 0 Å². The van der Waals surface area contributed by atoms with E-state index in [2.05, 4.69) is 10.4 Å². The highest BCUT2D eigenvalue weighted by Gasteiger charge is 2.23. The molecule has 1 amide bonds. The minimum absolute atomic E-state index is 0.0397. The quantitative estimate of drug-likeness (QED) is 0.830. The Kier molecular flexibility index (Phi) is 5.93. The summed E-state index contributed by atoms with van der Waals surface area (Å²) in [6.45, 7) is 5.15. The molecule has 1 saturated carbocycles. The second-order valence-corrected chi connectivity index (χ2v) is 6.49. The molecule has 1 aromatic heterocycles. The molecule has 128 valence electrons. The van der Waals surface area contributed by atoms with Crippen molar-refractivity contribution in [1.82, 2.24) is 15.1 Å². The molecule has 0 bridgehead atoms. The number of carbonyl (C=O) groups excluding carboxylic acids is 2. The number of Topliss-reactive ketones (excluding diaryl/α,β-unsaturated/α-hetero) is 1. The van der Waals surface area contributed by atoms with Crippen LogP contribution in [0.25, 0.3) is 0 Å². The van der Waals surface area contributed by atoms with Crippen molar-refractivity contribution in [3.8, 4) is 0 Å². The van der Waals surface area contributed by atoms with Gasteiger partial charge in [0.15, 0.2) is 5.78 Å². The number of aliphatic hydroxyl groups excluding tert-OH is 1. The summed E-state index contributed by atoms with van der Waals surface area (Å²) in [4.78, 5) is 23.9. The van der Waals surface area contributed by atoms with Crippen molar-refractivity contribution in [2.45, 2.75) is 78.0 Å². The van der Waals surface area contributed by atoms with Gasteiger partial charge in [0.05, 0.1) is 23.4 Å². The lowest BCUT2D eigenvalue weighted by Gasteiger charge is -2.26. The van der Waals surface area contributed by atoms with Crippen LogP contribution in [0.4, 0.5) is 0 Å². The topological polar surface area (TPSA) is 84.2 Å². The van der Waals surface area contributed by atoms with Gasteiger partial charge < -0.3 is 10.4 Å². The predicted molar refractivity (Wildman–Crippen MR) is 87.3 cm³/mol. The van der Waals surface area contributed by atoms with Gasteiger partial charge in [-0.25, -0.2) is 0 Å². The average Bonchev–Trinajstić information content (AvgIpc) is 2.73. The molecule has 0 radical (unpaired) electrons. The molecular weight excluding hydrogens is 294 g/mol. The Labute approximate surface area is 137 Å². The third kappa shape index (κ3) is 4.41. The van der Waals surface area contributed by atoms with E-state index in [1.54, 1.807) is 18.5 Å². The van der Waals surface area contributed by atoms with Gasteiger partial charge in [-0.3, -0.25) is 14.3 Å². The summed E-state index contributed by atoms with van der Waals surface area (Å²) in [5.74, 6) is -0.211. The van der Waals surface area contributed by atoms with Crippen molar-refractivity contribution in [3.05, 3.63) is 17.0 Å². The maximum atomic E-state index is 12.3. The fourth-order valence-corrected chi connectivity index (χ4v) is 3.38. The number of nitrogens with one attached hydrogen (secondary N) is 1. The molecule has 1 heterocycles. The van der Waals surface area contributed by atoms with E-state index in [1.807, 2.05) is 0 Å². The molecule has 1 aromatic rings. The van der Waals surface area contributed by atoms with Crippen LogP contribution < -0.4 is 5.32 Å². The largest absolute Gasteiger partial charge is 0.391 e. The Morgan fingerprint density at radius 3 is 2.48 bits per heavy atom. The number of nitrogens with zero attached hydrogens (tertiary/aromatic N) is 2. The van der Waals surface area contributed by atoms with E-state index in [0.717, 1.165) is 38.5 Å². The van der Waals surface area contributed by atoms with Gasteiger partial charge in [-0.2, -0.15) is 5.10 Å². The van der Waals surface area contributed by atoms with Crippen LogP contribution in [0, 0.1) is 13.8 Å². The first-order valence-electron chi connectivity index (χ1n) is 8.42. The third-order valence-corrected chi connectivity index (χ3v) is 4.60. The van der Waals surface area contributed by atoms with Crippen molar-refractivity contribution in [2.24, 2.45) is 0 Å². The fraction of sp³-hybridized carbons (Fsp3) is 0.706. The molecule has 2 N–H and O–H groups in total. The standard InChI is InChI=1S/C17H27N3O3/c1-11-17(13(3)21)12(2)20(19-11)10-16(23)18-14-8-6-4-5-7-9-15(14)22/h14-15,22H,4-10H2,1-3H3,(H,18,23)/t14-,15-/m0/s1. The molecule has 0 unspecified atom stereocenters. The third-order valence-electron chi connectivity index (χ3n) is 4.60. The summed E-state index contributed by atoms with van der Waals surface area (Å²) in [6, 6.07) is -0.188. The molecule has 2 atom stereocenters. The number of aromatic nitrogens is 2. The minimum atomic E-state index is -0.479. The lowest BCUT2D eigenvalue weighted by Crippen LogP contribution is -2.45. The number of aliphatic hydroxyl groups is 1. The normalized spacial score (nSPS) is 22.3. The van der Waals surface area contributed by atoms with Crippen molar-refractivity contribution in [2.75, 3.05) is 0 Å². The molecule has 2 rings (SSSR count). The smallest absolute Gasteiger partial charge is 0.242 e. The van der Waals surface area contributed by atoms with Crippen molar-refractivity contribution >= 4 is 11.7 Å². The first-order chi connectivity index (χ1) is 10.9. The monoisotopic (exact) mass is 321 g/mol. The second kappa shape index (κ2) is 7.73. The second-order valence-electron chi connectivity index (χ2n) is 6.49. The average molecular weight is 321 g/mol. The summed E-state index contributed by atoms with van der Waals surface area (Å²) >= 11 is 0. The molecule has 6 nitrogen and oxygen atoms in total. The Bertz CT molecular complexity index is 580. The molecule has 0 spiro atoms. The Balaban J connectivity index is 2.01. The Morgan fingerprint density at radius 2 is 1.87 bits per heavy atom. The van der Waals surface area contributed by atoms with Gasteiger partial charge in [0, 0.05) is 5.69 Å². The van der Waals surface area contributed by atoms with Crippen molar-refractivity contribution < 1.29 is 14.7 Å². The van der Waals surface area contributed by atoms with Gasteiger partial charge in [0.25, 0.3) is 0 Å². The molecule has 23 heavy (non-hydrogen) atoms. The maximum absolute atomic E-state index is 12.3. The zero-order valence-electron chi connectivity index (χ0n) is 14.3. The van der Waals surface area contributed by atoms with E-state index in [9.17, 15) is 14.7 Å². The number of amides is 1. The highest BCUT2D eigenvalue weighted by molar-refractivity contribution is 5.96. The Hall–Kier alpha value is -1.69. The van der Waals surface area contributed by atoms with E-state index in [0.29, 0.717) is 17.0 Å². The van der Waals surface area contributed by atoms with Gasteiger partial charge in [-0.15, -0.1) is 0 Å². The number of carbonyl (C=O) groups is 2. The number of hydrogen-bond acceptors (Lipinski definition) is 4. The summed E-state index contributed by atoms with van der Waals surface area (Å²) in [5, 5.41) is 17.4. The van der Waals surface area contributed by atoms with Gasteiger partial charge >= 0.3 is 0 Å². The Morgan fingerprint density at radius 1 is 1.22 bits per heavy atom. The number of aryl methyl sites for hydroxylation is 1. The summed E-state index contributed by atoms with van der Waals surface area (Å²) in [6.07, 6.45) is 5.40. The highest BCUT2D eigenvalue weighted by Crippen LogP contribution is 2.18. The first-order valence-corrected chi connectivity index (χ1v) is 8.42. The van der Waals surface area contributed by atoms with Crippen LogP contribution in [0.2, 0.25) is 0 Å². The number of ketones is 1. The van der Waals surface area contributed by atoms with Crippen molar-refractivity contribution in [1.29, 1.82) is 0 Å². The van der Waals surface area contributed by atoms with Crippen LogP contribution in [0.1, 0.15) is 67.2 Å². The SMILES string of the molecule is CC(=O)c1c(C)nn(CC(=O)N[C@H]2CCCCCC[C@@H]2O)c1C. The van der Waals surface area contributed by atoms with Crippen LogP contribution in [0.3, 0.4) is 0 Å². The number of hydrogen-bond donors (Lipinski definition) is 2. The zero-order chi connectivity index (χ0) is 17.0. The lowest BCUT2D eigenvalue weighted by atomic mass is 9.94. The lowest BCUT2D eigenvalue weighted by molar-refractivity contribution is -0.123. The molecule has 0 aliphatic heterocycles. The maximum Gasteiger partial charge on any atom is 0.242 e. The van der Waals surface area contributed by atoms with Crippen molar-refractivity contribution in [3.63, 3.8) is 0 Å². The van der Waals surface area contributed by atoms with Crippen LogP contribution in [-0.4, -0.2) is 38.7 Å². The molecule has 1 aliphatic carbocycles. The predicted octanol–water partition coefficient (Wildman–Crippen LogP) is 1.90. The molecule has 0 saturated heterocycles. The summed E-state index contributed by atoms with van der Waals surface area (Å²) < 4.78 is 1.57. The minimum Gasteiger partial charge on any atom is -0.391 e. The van der Waals surface area contributed by atoms with E-state index in [4.69, 9.17) is 0 Å². The summed E-state index contributed by atoms with van der Waals surface area (Å²) in [7, 11) is 0. The number of rotatable bonds is 4. The van der Waals surface area contributed by atoms with Crippen LogP contribution >= 0.6 is 0 Å². The van der Waals surface area contributed by atoms with Crippen LogP contribution in [-0.2, 0) is 11.3 Å². The van der Waals surface area contributed by atoms with E-state index in [1.165, 1.54) is 6.92 Å². The highest BCUT2D eigenvalue weighted by atomic mass is 16.3. The zero-order valence-corrected chi connectivity index (χ0v) is 14.3. The van der Waals surface area contributed by atoms with Gasteiger partial charge in [0.2, 0.25) is 5.91 Å². The summed E-state index contributed by atoms with van der Waals surface area (Å²) in [5.41, 5.74) is 1.95. The van der Waals surface area contributed by atoms with E-state index in [-0.39, 0.29) is 24.3 Å². The molecule has 0 aromatic carbocycles. The van der Waals surface area contributed by atoms with Gasteiger partial charge in [0.1, 0.15) is 6.54 Å². The molecule has 1 fully saturated rings. The van der Waals surface area contributed by atoms with Gasteiger partial charge in [-0.05, 0) is 33.6 Å². The molecular formula is C17H27N3O3. The fourth-order valence-electron chi connectivity index (χ4n) is 3.38. The first kappa shape index (κ1) is 17.7.